The normalized spacial score (nSPS) is 27.4. The predicted molar refractivity (Wildman–Crippen MR) is 76.3 cm³/mol. The van der Waals surface area contributed by atoms with Crippen LogP contribution in [0.25, 0.3) is 0 Å². The maximum absolute atomic E-state index is 3.56. The van der Waals surface area contributed by atoms with E-state index in [0.29, 0.717) is 5.41 Å². The van der Waals surface area contributed by atoms with Crippen LogP contribution in [0.1, 0.15) is 47.5 Å². The van der Waals surface area contributed by atoms with Crippen LogP contribution >= 0.6 is 0 Å². The first-order chi connectivity index (χ1) is 7.93. The van der Waals surface area contributed by atoms with Gasteiger partial charge in [0.25, 0.3) is 0 Å². The maximum Gasteiger partial charge on any atom is 0.00451 e. The van der Waals surface area contributed by atoms with Crippen LogP contribution in [0.4, 0.5) is 0 Å². The van der Waals surface area contributed by atoms with Crippen molar-refractivity contribution >= 4 is 0 Å². The van der Waals surface area contributed by atoms with Gasteiger partial charge in [-0.3, -0.25) is 0 Å². The van der Waals surface area contributed by atoms with Crippen molar-refractivity contribution in [2.75, 3.05) is 32.7 Å². The molecule has 0 radical (unpaired) electrons. The topological polar surface area (TPSA) is 15.3 Å². The number of hydrogen-bond acceptors (Lipinski definition) is 2. The van der Waals surface area contributed by atoms with Crippen LogP contribution in [0, 0.1) is 17.3 Å². The SMILES string of the molecule is CCCNCC(C)(C)CN1CC(C)CC(C)C1. The average molecular weight is 240 g/mol. The van der Waals surface area contributed by atoms with E-state index >= 15 is 0 Å². The van der Waals surface area contributed by atoms with Gasteiger partial charge in [0.1, 0.15) is 0 Å². The second-order valence-corrected chi connectivity index (χ2v) is 6.98. The Balaban J connectivity index is 2.35. The summed E-state index contributed by atoms with van der Waals surface area (Å²) in [6.45, 7) is 17.9. The predicted octanol–water partition coefficient (Wildman–Crippen LogP) is 2.99. The Morgan fingerprint density at radius 1 is 1.18 bits per heavy atom. The first-order valence-corrected chi connectivity index (χ1v) is 7.36. The molecule has 1 rings (SSSR count). The number of nitrogens with zero attached hydrogens (tertiary/aromatic N) is 1. The van der Waals surface area contributed by atoms with E-state index in [1.807, 2.05) is 0 Å². The van der Waals surface area contributed by atoms with Gasteiger partial charge < -0.3 is 10.2 Å². The molecular formula is C15H32N2. The molecule has 2 atom stereocenters. The van der Waals surface area contributed by atoms with Gasteiger partial charge in [-0.15, -0.1) is 0 Å². The highest BCUT2D eigenvalue weighted by Crippen LogP contribution is 2.24. The van der Waals surface area contributed by atoms with Gasteiger partial charge in [0.15, 0.2) is 0 Å². The fourth-order valence-corrected chi connectivity index (χ4v) is 3.19. The Hall–Kier alpha value is -0.0800. The monoisotopic (exact) mass is 240 g/mol. The fraction of sp³-hybridized carbons (Fsp3) is 1.00. The lowest BCUT2D eigenvalue weighted by Gasteiger charge is -2.39. The fourth-order valence-electron chi connectivity index (χ4n) is 3.19. The van der Waals surface area contributed by atoms with Crippen molar-refractivity contribution in [3.63, 3.8) is 0 Å². The highest BCUT2D eigenvalue weighted by Gasteiger charge is 2.27. The van der Waals surface area contributed by atoms with Gasteiger partial charge in [0.2, 0.25) is 0 Å². The van der Waals surface area contributed by atoms with Crippen molar-refractivity contribution in [3.8, 4) is 0 Å². The Bertz CT molecular complexity index is 203. The molecule has 1 heterocycles. The van der Waals surface area contributed by atoms with Crippen LogP contribution in [0.2, 0.25) is 0 Å². The molecule has 1 aliphatic rings. The van der Waals surface area contributed by atoms with Gasteiger partial charge in [-0.25, -0.2) is 0 Å². The lowest BCUT2D eigenvalue weighted by molar-refractivity contribution is 0.0961. The van der Waals surface area contributed by atoms with E-state index in [1.54, 1.807) is 0 Å². The first-order valence-electron chi connectivity index (χ1n) is 7.36. The molecule has 0 spiro atoms. The lowest BCUT2D eigenvalue weighted by atomic mass is 9.87. The van der Waals surface area contributed by atoms with Crippen molar-refractivity contribution in [2.45, 2.75) is 47.5 Å². The van der Waals surface area contributed by atoms with Crippen molar-refractivity contribution in [1.29, 1.82) is 0 Å². The summed E-state index contributed by atoms with van der Waals surface area (Å²) in [7, 11) is 0. The second-order valence-electron chi connectivity index (χ2n) is 6.98. The summed E-state index contributed by atoms with van der Waals surface area (Å²) < 4.78 is 0. The lowest BCUT2D eigenvalue weighted by Crippen LogP contribution is -2.46. The molecule has 1 fully saturated rings. The third-order valence-electron chi connectivity index (χ3n) is 3.63. The minimum absolute atomic E-state index is 0.395. The van der Waals surface area contributed by atoms with E-state index in [0.717, 1.165) is 24.9 Å². The van der Waals surface area contributed by atoms with Crippen molar-refractivity contribution in [2.24, 2.45) is 17.3 Å². The number of piperidine rings is 1. The number of hydrogen-bond donors (Lipinski definition) is 1. The Labute approximate surface area is 108 Å². The van der Waals surface area contributed by atoms with Gasteiger partial charge in [-0.1, -0.05) is 34.6 Å². The third kappa shape index (κ3) is 5.87. The second kappa shape index (κ2) is 6.75. The molecule has 0 amide bonds. The molecule has 2 heteroatoms. The average Bonchev–Trinajstić information content (AvgIpc) is 2.14. The third-order valence-corrected chi connectivity index (χ3v) is 3.63. The van der Waals surface area contributed by atoms with Crippen LogP contribution in [0.15, 0.2) is 0 Å². The molecule has 0 aromatic carbocycles. The summed E-state index contributed by atoms with van der Waals surface area (Å²) in [5.41, 5.74) is 0.395. The van der Waals surface area contributed by atoms with Gasteiger partial charge in [0, 0.05) is 26.2 Å². The summed E-state index contributed by atoms with van der Waals surface area (Å²) in [5, 5.41) is 3.56. The first kappa shape index (κ1) is 15.0. The molecule has 2 unspecified atom stereocenters. The van der Waals surface area contributed by atoms with Crippen LogP contribution in [0.3, 0.4) is 0 Å². The molecule has 1 aliphatic heterocycles. The van der Waals surface area contributed by atoms with Crippen molar-refractivity contribution in [1.82, 2.24) is 10.2 Å². The largest absolute Gasteiger partial charge is 0.316 e. The molecule has 0 aromatic rings. The molecule has 102 valence electrons. The van der Waals surface area contributed by atoms with E-state index < -0.39 is 0 Å². The summed E-state index contributed by atoms with van der Waals surface area (Å²) in [6, 6.07) is 0. The highest BCUT2D eigenvalue weighted by molar-refractivity contribution is 4.81. The van der Waals surface area contributed by atoms with E-state index in [1.165, 1.54) is 32.5 Å². The van der Waals surface area contributed by atoms with Crippen molar-refractivity contribution < 1.29 is 0 Å². The summed E-state index contributed by atoms with van der Waals surface area (Å²) in [6.07, 6.45) is 2.64. The molecular weight excluding hydrogens is 208 g/mol. The van der Waals surface area contributed by atoms with E-state index in [2.05, 4.69) is 44.8 Å². The molecule has 0 aromatic heterocycles. The van der Waals surface area contributed by atoms with Gasteiger partial charge in [-0.2, -0.15) is 0 Å². The van der Waals surface area contributed by atoms with E-state index in [4.69, 9.17) is 0 Å². The maximum atomic E-state index is 3.56. The van der Waals surface area contributed by atoms with Crippen LogP contribution in [-0.4, -0.2) is 37.6 Å². The Morgan fingerprint density at radius 3 is 2.29 bits per heavy atom. The van der Waals surface area contributed by atoms with Crippen LogP contribution < -0.4 is 5.32 Å². The minimum atomic E-state index is 0.395. The van der Waals surface area contributed by atoms with Crippen LogP contribution in [0.5, 0.6) is 0 Å². The highest BCUT2D eigenvalue weighted by atomic mass is 15.1. The molecule has 1 N–H and O–H groups in total. The molecule has 0 bridgehead atoms. The van der Waals surface area contributed by atoms with E-state index in [-0.39, 0.29) is 0 Å². The molecule has 0 aliphatic carbocycles. The quantitative estimate of drug-likeness (QED) is 0.718. The van der Waals surface area contributed by atoms with Gasteiger partial charge in [-0.05, 0) is 36.6 Å². The summed E-state index contributed by atoms with van der Waals surface area (Å²) in [4.78, 5) is 2.67. The molecule has 17 heavy (non-hydrogen) atoms. The standard InChI is InChI=1S/C15H32N2/c1-6-7-16-11-15(4,5)12-17-9-13(2)8-14(3)10-17/h13-14,16H,6-12H2,1-5H3. The smallest absolute Gasteiger partial charge is 0.00451 e. The zero-order valence-corrected chi connectivity index (χ0v) is 12.6. The van der Waals surface area contributed by atoms with Gasteiger partial charge >= 0.3 is 0 Å². The molecule has 0 saturated carbocycles. The number of likely N-dealkylation sites (tertiary alicyclic amines) is 1. The molecule has 1 saturated heterocycles. The van der Waals surface area contributed by atoms with E-state index in [9.17, 15) is 0 Å². The molecule has 2 nitrogen and oxygen atoms in total. The summed E-state index contributed by atoms with van der Waals surface area (Å²) >= 11 is 0. The number of nitrogens with one attached hydrogen (secondary N) is 1. The summed E-state index contributed by atoms with van der Waals surface area (Å²) in [5.74, 6) is 1.75. The van der Waals surface area contributed by atoms with Gasteiger partial charge in [0.05, 0.1) is 0 Å². The zero-order chi connectivity index (χ0) is 12.9. The minimum Gasteiger partial charge on any atom is -0.316 e. The van der Waals surface area contributed by atoms with Crippen LogP contribution in [-0.2, 0) is 0 Å². The number of rotatable bonds is 6. The van der Waals surface area contributed by atoms with Crippen molar-refractivity contribution in [3.05, 3.63) is 0 Å². The Kier molecular flexibility index (Phi) is 5.94. The Morgan fingerprint density at radius 2 is 1.76 bits per heavy atom. The zero-order valence-electron chi connectivity index (χ0n) is 12.6.